The molecular formula is C12H14F2O2. The van der Waals surface area contributed by atoms with E-state index in [0.29, 0.717) is 0 Å². The highest BCUT2D eigenvalue weighted by atomic mass is 19.1. The van der Waals surface area contributed by atoms with Crippen LogP contribution in [0.3, 0.4) is 0 Å². The third kappa shape index (κ3) is 2.78. The Bertz CT molecular complexity index is 420. The molecule has 0 N–H and O–H groups in total. The molecule has 88 valence electrons. The minimum absolute atomic E-state index is 0.177. The first-order valence-corrected chi connectivity index (χ1v) is 4.90. The molecule has 0 saturated carbocycles. The van der Waals surface area contributed by atoms with Gasteiger partial charge < -0.3 is 4.74 Å². The summed E-state index contributed by atoms with van der Waals surface area (Å²) in [6.07, 6.45) is 0. The van der Waals surface area contributed by atoms with E-state index in [0.717, 1.165) is 12.1 Å². The molecule has 0 aliphatic heterocycles. The highest BCUT2D eigenvalue weighted by Crippen LogP contribution is 2.19. The average molecular weight is 228 g/mol. The largest absolute Gasteiger partial charge is 0.456 e. The van der Waals surface area contributed by atoms with Crippen molar-refractivity contribution < 1.29 is 18.3 Å². The molecule has 0 aromatic heterocycles. The van der Waals surface area contributed by atoms with Gasteiger partial charge in [0.2, 0.25) is 0 Å². The van der Waals surface area contributed by atoms with Crippen LogP contribution in [0, 0.1) is 18.6 Å². The number of hydrogen-bond donors (Lipinski definition) is 0. The van der Waals surface area contributed by atoms with Crippen LogP contribution in [0.1, 0.15) is 36.7 Å². The van der Waals surface area contributed by atoms with Gasteiger partial charge in [-0.1, -0.05) is 0 Å². The molecule has 0 radical (unpaired) electrons. The SMILES string of the molecule is Cc1c(F)ccc(C(=O)OC(C)(C)C)c1F. The van der Waals surface area contributed by atoms with Crippen molar-refractivity contribution in [1.82, 2.24) is 0 Å². The fourth-order valence-corrected chi connectivity index (χ4v) is 1.15. The van der Waals surface area contributed by atoms with E-state index >= 15 is 0 Å². The van der Waals surface area contributed by atoms with Crippen molar-refractivity contribution in [3.8, 4) is 0 Å². The number of carbonyl (C=O) groups excluding carboxylic acids is 1. The van der Waals surface area contributed by atoms with Crippen molar-refractivity contribution in [2.24, 2.45) is 0 Å². The quantitative estimate of drug-likeness (QED) is 0.690. The van der Waals surface area contributed by atoms with E-state index in [1.807, 2.05) is 0 Å². The first-order valence-electron chi connectivity index (χ1n) is 4.90. The van der Waals surface area contributed by atoms with Gasteiger partial charge in [0, 0.05) is 5.56 Å². The molecule has 1 aromatic carbocycles. The van der Waals surface area contributed by atoms with Gasteiger partial charge in [0.1, 0.15) is 17.2 Å². The molecular weight excluding hydrogens is 214 g/mol. The Kier molecular flexibility index (Phi) is 3.31. The zero-order chi connectivity index (χ0) is 12.5. The molecule has 4 heteroatoms. The van der Waals surface area contributed by atoms with Gasteiger partial charge in [-0.2, -0.15) is 0 Å². The van der Waals surface area contributed by atoms with Gasteiger partial charge in [-0.15, -0.1) is 0 Å². The monoisotopic (exact) mass is 228 g/mol. The Morgan fingerprint density at radius 1 is 1.25 bits per heavy atom. The van der Waals surface area contributed by atoms with E-state index in [2.05, 4.69) is 0 Å². The summed E-state index contributed by atoms with van der Waals surface area (Å²) in [5.41, 5.74) is -1.12. The van der Waals surface area contributed by atoms with Gasteiger partial charge in [-0.05, 0) is 39.8 Å². The highest BCUT2D eigenvalue weighted by Gasteiger charge is 2.22. The van der Waals surface area contributed by atoms with Crippen LogP contribution in [0.15, 0.2) is 12.1 Å². The maximum absolute atomic E-state index is 13.5. The van der Waals surface area contributed by atoms with Gasteiger partial charge >= 0.3 is 5.97 Å². The molecule has 0 aliphatic carbocycles. The third-order valence-corrected chi connectivity index (χ3v) is 1.94. The van der Waals surface area contributed by atoms with Crippen molar-refractivity contribution in [1.29, 1.82) is 0 Å². The maximum atomic E-state index is 13.5. The molecule has 0 unspecified atom stereocenters. The zero-order valence-corrected chi connectivity index (χ0v) is 9.73. The molecule has 16 heavy (non-hydrogen) atoms. The minimum Gasteiger partial charge on any atom is -0.456 e. The molecule has 1 aromatic rings. The number of benzene rings is 1. The second-order valence-corrected chi connectivity index (χ2v) is 4.54. The molecule has 2 nitrogen and oxygen atoms in total. The van der Waals surface area contributed by atoms with Crippen LogP contribution in [0.5, 0.6) is 0 Å². The normalized spacial score (nSPS) is 11.4. The Hall–Kier alpha value is -1.45. The summed E-state index contributed by atoms with van der Waals surface area (Å²) in [6.45, 7) is 6.32. The van der Waals surface area contributed by atoms with Crippen LogP contribution >= 0.6 is 0 Å². The summed E-state index contributed by atoms with van der Waals surface area (Å²) in [5, 5.41) is 0. The minimum atomic E-state index is -0.866. The molecule has 0 bridgehead atoms. The standard InChI is InChI=1S/C12H14F2O2/c1-7-9(13)6-5-8(10(7)14)11(15)16-12(2,3)4/h5-6H,1-4H3. The molecule has 1 rings (SSSR count). The summed E-state index contributed by atoms with van der Waals surface area (Å²) in [4.78, 5) is 11.6. The Balaban J connectivity index is 3.06. The smallest absolute Gasteiger partial charge is 0.341 e. The number of hydrogen-bond acceptors (Lipinski definition) is 2. The Morgan fingerprint density at radius 3 is 2.31 bits per heavy atom. The van der Waals surface area contributed by atoms with Gasteiger partial charge in [0.05, 0.1) is 5.56 Å². The van der Waals surface area contributed by atoms with E-state index in [4.69, 9.17) is 4.74 Å². The summed E-state index contributed by atoms with van der Waals surface area (Å²) in [7, 11) is 0. The van der Waals surface area contributed by atoms with Gasteiger partial charge in [0.15, 0.2) is 0 Å². The first-order chi connectivity index (χ1) is 7.22. The second kappa shape index (κ2) is 4.20. The van der Waals surface area contributed by atoms with E-state index in [1.165, 1.54) is 6.92 Å². The first kappa shape index (κ1) is 12.6. The Morgan fingerprint density at radius 2 is 1.81 bits per heavy atom. The maximum Gasteiger partial charge on any atom is 0.341 e. The third-order valence-electron chi connectivity index (χ3n) is 1.94. The lowest BCUT2D eigenvalue weighted by molar-refractivity contribution is 0.00644. The van der Waals surface area contributed by atoms with E-state index in [1.54, 1.807) is 20.8 Å². The molecule has 0 atom stereocenters. The molecule has 0 aliphatic rings. The van der Waals surface area contributed by atoms with Gasteiger partial charge in [-0.25, -0.2) is 13.6 Å². The van der Waals surface area contributed by atoms with Crippen LogP contribution in [0.25, 0.3) is 0 Å². The van der Waals surface area contributed by atoms with E-state index in [9.17, 15) is 13.6 Å². The second-order valence-electron chi connectivity index (χ2n) is 4.54. The molecule has 0 saturated heterocycles. The number of ether oxygens (including phenoxy) is 1. The van der Waals surface area contributed by atoms with Crippen LogP contribution in [-0.4, -0.2) is 11.6 Å². The number of carbonyl (C=O) groups is 1. The average Bonchev–Trinajstić information content (AvgIpc) is 2.11. The van der Waals surface area contributed by atoms with E-state index in [-0.39, 0.29) is 11.1 Å². The van der Waals surface area contributed by atoms with Crippen LogP contribution in [-0.2, 0) is 4.74 Å². The summed E-state index contributed by atoms with van der Waals surface area (Å²) in [5.74, 6) is -2.33. The van der Waals surface area contributed by atoms with Crippen molar-refractivity contribution in [3.05, 3.63) is 34.9 Å². The van der Waals surface area contributed by atoms with Crippen LogP contribution in [0.4, 0.5) is 8.78 Å². The van der Waals surface area contributed by atoms with Crippen molar-refractivity contribution >= 4 is 5.97 Å². The lowest BCUT2D eigenvalue weighted by Gasteiger charge is -2.19. The fourth-order valence-electron chi connectivity index (χ4n) is 1.15. The summed E-state index contributed by atoms with van der Waals surface area (Å²) in [6, 6.07) is 2.14. The van der Waals surface area contributed by atoms with E-state index < -0.39 is 23.2 Å². The molecule has 0 amide bonds. The zero-order valence-electron chi connectivity index (χ0n) is 9.73. The number of esters is 1. The van der Waals surface area contributed by atoms with Crippen LogP contribution in [0.2, 0.25) is 0 Å². The molecule has 0 spiro atoms. The fraction of sp³-hybridized carbons (Fsp3) is 0.417. The van der Waals surface area contributed by atoms with Crippen molar-refractivity contribution in [2.45, 2.75) is 33.3 Å². The highest BCUT2D eigenvalue weighted by molar-refractivity contribution is 5.90. The molecule has 0 heterocycles. The summed E-state index contributed by atoms with van der Waals surface area (Å²) < 4.78 is 31.5. The number of rotatable bonds is 1. The lowest BCUT2D eigenvalue weighted by atomic mass is 10.1. The van der Waals surface area contributed by atoms with Crippen molar-refractivity contribution in [3.63, 3.8) is 0 Å². The number of halogens is 2. The van der Waals surface area contributed by atoms with Crippen molar-refractivity contribution in [2.75, 3.05) is 0 Å². The topological polar surface area (TPSA) is 26.3 Å². The predicted octanol–water partition coefficient (Wildman–Crippen LogP) is 3.23. The molecule has 0 fully saturated rings. The predicted molar refractivity (Wildman–Crippen MR) is 56.3 cm³/mol. The van der Waals surface area contributed by atoms with Gasteiger partial charge in [0.25, 0.3) is 0 Å². The van der Waals surface area contributed by atoms with Crippen LogP contribution < -0.4 is 0 Å². The summed E-state index contributed by atoms with van der Waals surface area (Å²) >= 11 is 0. The van der Waals surface area contributed by atoms with Gasteiger partial charge in [-0.3, -0.25) is 0 Å². The lowest BCUT2D eigenvalue weighted by Crippen LogP contribution is -2.24. The Labute approximate surface area is 93.2 Å².